The van der Waals surface area contributed by atoms with Gasteiger partial charge in [-0.2, -0.15) is 0 Å². The van der Waals surface area contributed by atoms with E-state index in [-0.39, 0.29) is 24.6 Å². The van der Waals surface area contributed by atoms with E-state index in [2.05, 4.69) is 12.6 Å². The lowest BCUT2D eigenvalue weighted by molar-refractivity contribution is 0.0931. The molecule has 5 heteroatoms. The van der Waals surface area contributed by atoms with E-state index >= 15 is 0 Å². The first kappa shape index (κ1) is 14.9. The van der Waals surface area contributed by atoms with Gasteiger partial charge in [0.1, 0.15) is 12.4 Å². The quantitative estimate of drug-likeness (QED) is 0.870. The van der Waals surface area contributed by atoms with Crippen molar-refractivity contribution in [2.24, 2.45) is 0 Å². The van der Waals surface area contributed by atoms with Crippen LogP contribution in [0.2, 0.25) is 0 Å². The molecule has 2 aromatic rings. The average Bonchev–Trinajstić information content (AvgIpc) is 2.50. The molecule has 2 aromatic carbocycles. The number of fused-ring (bicyclic) bond motifs is 1. The number of carbonyl (C=O) groups is 1. The third-order valence-corrected chi connectivity index (χ3v) is 3.91. The minimum atomic E-state index is -0.541. The molecule has 1 aliphatic rings. The van der Waals surface area contributed by atoms with Crippen LogP contribution in [0.4, 0.5) is 4.39 Å². The molecule has 0 spiro atoms. The zero-order chi connectivity index (χ0) is 15.7. The number of benzene rings is 2. The van der Waals surface area contributed by atoms with Crippen molar-refractivity contribution in [1.29, 1.82) is 0 Å². The van der Waals surface area contributed by atoms with E-state index in [0.717, 1.165) is 10.5 Å². The van der Waals surface area contributed by atoms with E-state index in [1.54, 1.807) is 6.92 Å². The highest BCUT2D eigenvalue weighted by atomic mass is 32.1. The first-order chi connectivity index (χ1) is 10.6. The molecule has 0 unspecified atom stereocenters. The summed E-state index contributed by atoms with van der Waals surface area (Å²) in [6, 6.07) is 8.64. The molecule has 0 amide bonds. The first-order valence-corrected chi connectivity index (χ1v) is 7.41. The fraction of sp³-hybridized carbons (Fsp3) is 0.235. The number of Topliss-reactive ketones (excluding diaryl/α,β-unsaturated/α-hetero) is 1. The Morgan fingerprint density at radius 3 is 2.77 bits per heavy atom. The van der Waals surface area contributed by atoms with Gasteiger partial charge in [0.2, 0.25) is 0 Å². The van der Waals surface area contributed by atoms with Crippen molar-refractivity contribution in [3.8, 4) is 11.5 Å². The van der Waals surface area contributed by atoms with Gasteiger partial charge in [-0.05, 0) is 30.7 Å². The maximum absolute atomic E-state index is 14.2. The highest BCUT2D eigenvalue weighted by molar-refractivity contribution is 7.80. The Morgan fingerprint density at radius 2 is 2.05 bits per heavy atom. The predicted octanol–water partition coefficient (Wildman–Crippen LogP) is 3.97. The molecule has 0 atom stereocenters. The zero-order valence-electron chi connectivity index (χ0n) is 12.1. The molecule has 3 rings (SSSR count). The summed E-state index contributed by atoms with van der Waals surface area (Å²) >= 11 is 4.22. The lowest BCUT2D eigenvalue weighted by atomic mass is 10.0. The van der Waals surface area contributed by atoms with Gasteiger partial charge in [0.25, 0.3) is 0 Å². The second-order valence-electron chi connectivity index (χ2n) is 5.17. The number of hydrogen-bond donors (Lipinski definition) is 1. The number of ether oxygens (including phenoxy) is 2. The molecular formula is C17H15FO3S. The van der Waals surface area contributed by atoms with Crippen LogP contribution in [-0.2, 0) is 6.61 Å². The van der Waals surface area contributed by atoms with Crippen molar-refractivity contribution in [3.63, 3.8) is 0 Å². The van der Waals surface area contributed by atoms with Gasteiger partial charge in [0.15, 0.2) is 17.3 Å². The van der Waals surface area contributed by atoms with Gasteiger partial charge >= 0.3 is 0 Å². The lowest BCUT2D eigenvalue weighted by Gasteiger charge is -2.21. The van der Waals surface area contributed by atoms with Crippen molar-refractivity contribution >= 4 is 18.4 Å². The number of rotatable bonds is 3. The second-order valence-corrected chi connectivity index (χ2v) is 5.68. The summed E-state index contributed by atoms with van der Waals surface area (Å²) in [5.41, 5.74) is 1.73. The summed E-state index contributed by atoms with van der Waals surface area (Å²) < 4.78 is 25.3. The molecule has 22 heavy (non-hydrogen) atoms. The number of hydrogen-bond acceptors (Lipinski definition) is 4. The molecule has 1 heterocycles. The standard InChI is InChI=1S/C17H15FO3S/c1-10-16-13(15(19)6-7-20-16)8-14(18)17(10)21-9-11-2-4-12(22)5-3-11/h2-5,8,22H,6-7,9H2,1H3. The zero-order valence-corrected chi connectivity index (χ0v) is 13.0. The topological polar surface area (TPSA) is 35.5 Å². The maximum atomic E-state index is 14.2. The summed E-state index contributed by atoms with van der Waals surface area (Å²) in [6.07, 6.45) is 0.280. The van der Waals surface area contributed by atoms with Crippen LogP contribution >= 0.6 is 12.6 Å². The Bertz CT molecular complexity index is 726. The molecule has 114 valence electrons. The molecule has 0 N–H and O–H groups in total. The minimum Gasteiger partial charge on any atom is -0.492 e. The van der Waals surface area contributed by atoms with Gasteiger partial charge < -0.3 is 9.47 Å². The normalized spacial score (nSPS) is 13.5. The summed E-state index contributed by atoms with van der Waals surface area (Å²) in [7, 11) is 0. The fourth-order valence-electron chi connectivity index (χ4n) is 2.44. The van der Waals surface area contributed by atoms with Crippen molar-refractivity contribution in [2.75, 3.05) is 6.61 Å². The van der Waals surface area contributed by atoms with Crippen LogP contribution in [0.3, 0.4) is 0 Å². The van der Waals surface area contributed by atoms with Gasteiger partial charge in [-0.3, -0.25) is 4.79 Å². The monoisotopic (exact) mass is 318 g/mol. The van der Waals surface area contributed by atoms with Crippen LogP contribution in [0.15, 0.2) is 35.2 Å². The van der Waals surface area contributed by atoms with Crippen LogP contribution in [0.25, 0.3) is 0 Å². The number of ketones is 1. The Morgan fingerprint density at radius 1 is 1.32 bits per heavy atom. The maximum Gasteiger partial charge on any atom is 0.170 e. The second kappa shape index (κ2) is 6.01. The number of carbonyl (C=O) groups excluding carboxylic acids is 1. The van der Waals surface area contributed by atoms with Crippen LogP contribution in [0, 0.1) is 12.7 Å². The van der Waals surface area contributed by atoms with Gasteiger partial charge in [0, 0.05) is 16.9 Å². The van der Waals surface area contributed by atoms with E-state index in [9.17, 15) is 9.18 Å². The van der Waals surface area contributed by atoms with Crippen molar-refractivity contribution in [1.82, 2.24) is 0 Å². The van der Waals surface area contributed by atoms with Crippen molar-refractivity contribution < 1.29 is 18.7 Å². The van der Waals surface area contributed by atoms with Crippen molar-refractivity contribution in [2.45, 2.75) is 24.8 Å². The van der Waals surface area contributed by atoms with Gasteiger partial charge in [-0.15, -0.1) is 12.6 Å². The van der Waals surface area contributed by atoms with E-state index < -0.39 is 5.82 Å². The molecule has 3 nitrogen and oxygen atoms in total. The minimum absolute atomic E-state index is 0.0980. The smallest absolute Gasteiger partial charge is 0.170 e. The SMILES string of the molecule is Cc1c(OCc2ccc(S)cc2)c(F)cc2c1OCCC2=O. The molecule has 1 aliphatic heterocycles. The Kier molecular flexibility index (Phi) is 4.07. The highest BCUT2D eigenvalue weighted by Gasteiger charge is 2.25. The van der Waals surface area contributed by atoms with E-state index in [0.29, 0.717) is 23.5 Å². The van der Waals surface area contributed by atoms with Crippen LogP contribution in [0.1, 0.15) is 27.9 Å². The van der Waals surface area contributed by atoms with Gasteiger partial charge in [0.05, 0.1) is 12.2 Å². The van der Waals surface area contributed by atoms with E-state index in [1.165, 1.54) is 6.07 Å². The molecule has 0 radical (unpaired) electrons. The van der Waals surface area contributed by atoms with E-state index in [4.69, 9.17) is 9.47 Å². The van der Waals surface area contributed by atoms with Crippen LogP contribution < -0.4 is 9.47 Å². The Balaban J connectivity index is 1.87. The number of thiol groups is 1. The molecule has 0 bridgehead atoms. The summed E-state index contributed by atoms with van der Waals surface area (Å²) in [5.74, 6) is -0.0816. The summed E-state index contributed by atoms with van der Waals surface area (Å²) in [5, 5.41) is 0. The van der Waals surface area contributed by atoms with Gasteiger partial charge in [-0.1, -0.05) is 12.1 Å². The average molecular weight is 318 g/mol. The highest BCUT2D eigenvalue weighted by Crippen LogP contribution is 2.37. The number of halogens is 1. The first-order valence-electron chi connectivity index (χ1n) is 6.96. The fourth-order valence-corrected chi connectivity index (χ4v) is 2.59. The van der Waals surface area contributed by atoms with E-state index in [1.807, 2.05) is 24.3 Å². The Labute approximate surface area is 133 Å². The third kappa shape index (κ3) is 2.81. The van der Waals surface area contributed by atoms with Gasteiger partial charge in [-0.25, -0.2) is 4.39 Å². The lowest BCUT2D eigenvalue weighted by Crippen LogP contribution is -2.17. The predicted molar refractivity (Wildman–Crippen MR) is 83.6 cm³/mol. The molecule has 0 saturated heterocycles. The van der Waals surface area contributed by atoms with Crippen LogP contribution in [0.5, 0.6) is 11.5 Å². The molecular weight excluding hydrogens is 303 g/mol. The largest absolute Gasteiger partial charge is 0.492 e. The third-order valence-electron chi connectivity index (χ3n) is 3.61. The Hall–Kier alpha value is -2.01. The summed E-state index contributed by atoms with van der Waals surface area (Å²) in [6.45, 7) is 2.26. The molecule has 0 fully saturated rings. The molecule has 0 aromatic heterocycles. The molecule has 0 aliphatic carbocycles. The van der Waals surface area contributed by atoms with Crippen LogP contribution in [-0.4, -0.2) is 12.4 Å². The summed E-state index contributed by atoms with van der Waals surface area (Å²) in [4.78, 5) is 12.7. The van der Waals surface area contributed by atoms with Crippen molar-refractivity contribution in [3.05, 3.63) is 52.8 Å². The molecule has 0 saturated carbocycles.